The van der Waals surface area contributed by atoms with Gasteiger partial charge in [0, 0.05) is 5.39 Å². The number of methoxy groups -OCH3 is 1. The standard InChI is InChI=1S/C14H15NO2/c1-9(14(15)16)10-7-8-13(17-2)12-6-4-3-5-11(10)12/h3-9H,1-2H3,(H2,15,16). The largest absolute Gasteiger partial charge is 0.496 e. The van der Waals surface area contributed by atoms with E-state index in [9.17, 15) is 4.79 Å². The zero-order valence-electron chi connectivity index (χ0n) is 9.94. The van der Waals surface area contributed by atoms with Crippen molar-refractivity contribution in [3.63, 3.8) is 0 Å². The molecule has 0 bridgehead atoms. The Balaban J connectivity index is 2.70. The van der Waals surface area contributed by atoms with E-state index in [2.05, 4.69) is 0 Å². The Morgan fingerprint density at radius 1 is 1.18 bits per heavy atom. The lowest BCUT2D eigenvalue weighted by molar-refractivity contribution is -0.119. The number of rotatable bonds is 3. The minimum atomic E-state index is -0.319. The Morgan fingerprint density at radius 2 is 1.82 bits per heavy atom. The van der Waals surface area contributed by atoms with Crippen molar-refractivity contribution < 1.29 is 9.53 Å². The van der Waals surface area contributed by atoms with Gasteiger partial charge in [0.05, 0.1) is 13.0 Å². The molecule has 2 aromatic rings. The van der Waals surface area contributed by atoms with Gasteiger partial charge in [-0.3, -0.25) is 4.79 Å². The van der Waals surface area contributed by atoms with Gasteiger partial charge in [-0.2, -0.15) is 0 Å². The van der Waals surface area contributed by atoms with Crippen molar-refractivity contribution >= 4 is 16.7 Å². The molecule has 2 rings (SSSR count). The van der Waals surface area contributed by atoms with Crippen molar-refractivity contribution in [1.82, 2.24) is 0 Å². The van der Waals surface area contributed by atoms with Gasteiger partial charge < -0.3 is 10.5 Å². The van der Waals surface area contributed by atoms with E-state index in [1.807, 2.05) is 43.3 Å². The van der Waals surface area contributed by atoms with E-state index in [0.29, 0.717) is 0 Å². The van der Waals surface area contributed by atoms with Gasteiger partial charge in [0.1, 0.15) is 5.75 Å². The van der Waals surface area contributed by atoms with Crippen LogP contribution in [-0.2, 0) is 4.79 Å². The monoisotopic (exact) mass is 229 g/mol. The van der Waals surface area contributed by atoms with Crippen molar-refractivity contribution in [2.75, 3.05) is 7.11 Å². The number of nitrogens with two attached hydrogens (primary N) is 1. The van der Waals surface area contributed by atoms with E-state index in [1.165, 1.54) is 0 Å². The molecule has 0 aliphatic heterocycles. The molecule has 0 aromatic heterocycles. The summed E-state index contributed by atoms with van der Waals surface area (Å²) in [6.45, 7) is 1.82. The Hall–Kier alpha value is -2.03. The normalized spacial score (nSPS) is 12.4. The highest BCUT2D eigenvalue weighted by molar-refractivity contribution is 5.95. The highest BCUT2D eigenvalue weighted by atomic mass is 16.5. The second-order valence-corrected chi connectivity index (χ2v) is 4.03. The highest BCUT2D eigenvalue weighted by Crippen LogP contribution is 2.31. The van der Waals surface area contributed by atoms with E-state index in [1.54, 1.807) is 7.11 Å². The number of amides is 1. The number of carbonyl (C=O) groups excluding carboxylic acids is 1. The van der Waals surface area contributed by atoms with Crippen LogP contribution >= 0.6 is 0 Å². The molecule has 0 saturated heterocycles. The van der Waals surface area contributed by atoms with Crippen LogP contribution in [0.25, 0.3) is 10.8 Å². The number of primary amides is 1. The van der Waals surface area contributed by atoms with Crippen LogP contribution in [0.1, 0.15) is 18.4 Å². The molecule has 1 atom stereocenters. The summed E-state index contributed by atoms with van der Waals surface area (Å²) in [4.78, 5) is 11.3. The van der Waals surface area contributed by atoms with Crippen LogP contribution in [0.2, 0.25) is 0 Å². The lowest BCUT2D eigenvalue weighted by atomic mass is 9.94. The lowest BCUT2D eigenvalue weighted by Crippen LogP contribution is -2.18. The van der Waals surface area contributed by atoms with E-state index >= 15 is 0 Å². The van der Waals surface area contributed by atoms with Crippen LogP contribution in [0.5, 0.6) is 5.75 Å². The third kappa shape index (κ3) is 1.96. The van der Waals surface area contributed by atoms with Crippen molar-refractivity contribution in [2.45, 2.75) is 12.8 Å². The van der Waals surface area contributed by atoms with Gasteiger partial charge in [-0.1, -0.05) is 30.3 Å². The molecule has 2 N–H and O–H groups in total. The van der Waals surface area contributed by atoms with Crippen molar-refractivity contribution in [2.24, 2.45) is 5.73 Å². The average molecular weight is 229 g/mol. The Morgan fingerprint density at radius 3 is 2.41 bits per heavy atom. The summed E-state index contributed by atoms with van der Waals surface area (Å²) < 4.78 is 5.31. The molecule has 1 unspecified atom stereocenters. The minimum absolute atomic E-state index is 0.300. The molecule has 1 amide bonds. The van der Waals surface area contributed by atoms with Gasteiger partial charge in [-0.15, -0.1) is 0 Å². The molecular formula is C14H15NO2. The molecule has 88 valence electrons. The number of benzene rings is 2. The van der Waals surface area contributed by atoms with Crippen LogP contribution in [0.4, 0.5) is 0 Å². The molecule has 17 heavy (non-hydrogen) atoms. The lowest BCUT2D eigenvalue weighted by Gasteiger charge is -2.13. The maximum Gasteiger partial charge on any atom is 0.224 e. The van der Waals surface area contributed by atoms with Crippen molar-refractivity contribution in [3.05, 3.63) is 42.0 Å². The first-order valence-electron chi connectivity index (χ1n) is 5.50. The molecule has 0 fully saturated rings. The Bertz CT molecular complexity index is 563. The van der Waals surface area contributed by atoms with Gasteiger partial charge in [0.15, 0.2) is 0 Å². The fourth-order valence-corrected chi connectivity index (χ4v) is 2.00. The van der Waals surface area contributed by atoms with Gasteiger partial charge in [0.25, 0.3) is 0 Å². The number of hydrogen-bond donors (Lipinski definition) is 1. The molecule has 3 nitrogen and oxygen atoms in total. The summed E-state index contributed by atoms with van der Waals surface area (Å²) in [7, 11) is 1.64. The number of ether oxygens (including phenoxy) is 1. The van der Waals surface area contributed by atoms with Crippen LogP contribution < -0.4 is 10.5 Å². The van der Waals surface area contributed by atoms with E-state index in [-0.39, 0.29) is 11.8 Å². The fraction of sp³-hybridized carbons (Fsp3) is 0.214. The maximum atomic E-state index is 11.3. The summed E-state index contributed by atoms with van der Waals surface area (Å²) in [5.41, 5.74) is 6.30. The predicted molar refractivity (Wildman–Crippen MR) is 68.1 cm³/mol. The van der Waals surface area contributed by atoms with E-state index in [0.717, 1.165) is 22.1 Å². The molecule has 0 aliphatic rings. The third-order valence-corrected chi connectivity index (χ3v) is 3.03. The van der Waals surface area contributed by atoms with E-state index in [4.69, 9.17) is 10.5 Å². The maximum absolute atomic E-state index is 11.3. The topological polar surface area (TPSA) is 52.3 Å². The number of hydrogen-bond acceptors (Lipinski definition) is 2. The van der Waals surface area contributed by atoms with Crippen LogP contribution in [0, 0.1) is 0 Å². The predicted octanol–water partition coefficient (Wildman–Crippen LogP) is 2.44. The first kappa shape index (κ1) is 11.5. The van der Waals surface area contributed by atoms with E-state index < -0.39 is 0 Å². The molecule has 0 saturated carbocycles. The second kappa shape index (κ2) is 4.45. The number of carbonyl (C=O) groups is 1. The summed E-state index contributed by atoms with van der Waals surface area (Å²) in [5.74, 6) is 0.187. The van der Waals surface area contributed by atoms with Gasteiger partial charge >= 0.3 is 0 Å². The first-order valence-corrected chi connectivity index (χ1v) is 5.50. The van der Waals surface area contributed by atoms with Crippen molar-refractivity contribution in [1.29, 1.82) is 0 Å². The summed E-state index contributed by atoms with van der Waals surface area (Å²) in [6.07, 6.45) is 0. The van der Waals surface area contributed by atoms with Crippen LogP contribution in [-0.4, -0.2) is 13.0 Å². The highest BCUT2D eigenvalue weighted by Gasteiger charge is 2.15. The number of fused-ring (bicyclic) bond motifs is 1. The minimum Gasteiger partial charge on any atom is -0.496 e. The third-order valence-electron chi connectivity index (χ3n) is 3.03. The zero-order chi connectivity index (χ0) is 12.4. The zero-order valence-corrected chi connectivity index (χ0v) is 9.94. The second-order valence-electron chi connectivity index (χ2n) is 4.03. The molecule has 0 heterocycles. The van der Waals surface area contributed by atoms with Crippen LogP contribution in [0.15, 0.2) is 36.4 Å². The molecule has 0 spiro atoms. The molecule has 2 aromatic carbocycles. The average Bonchev–Trinajstić information content (AvgIpc) is 2.36. The van der Waals surface area contributed by atoms with Gasteiger partial charge in [0.2, 0.25) is 5.91 Å². The Kier molecular flexibility index (Phi) is 3.00. The fourth-order valence-electron chi connectivity index (χ4n) is 2.00. The molecular weight excluding hydrogens is 214 g/mol. The molecule has 3 heteroatoms. The summed E-state index contributed by atoms with van der Waals surface area (Å²) >= 11 is 0. The van der Waals surface area contributed by atoms with Gasteiger partial charge in [-0.05, 0) is 23.9 Å². The summed E-state index contributed by atoms with van der Waals surface area (Å²) in [6, 6.07) is 11.6. The first-order chi connectivity index (χ1) is 8.15. The Labute approximate surface area is 100 Å². The smallest absolute Gasteiger partial charge is 0.224 e. The SMILES string of the molecule is COc1ccc(C(C)C(N)=O)c2ccccc12. The van der Waals surface area contributed by atoms with Gasteiger partial charge in [-0.25, -0.2) is 0 Å². The quantitative estimate of drug-likeness (QED) is 0.878. The molecule has 0 aliphatic carbocycles. The van der Waals surface area contributed by atoms with Crippen molar-refractivity contribution in [3.8, 4) is 5.75 Å². The summed E-state index contributed by atoms with van der Waals surface area (Å²) in [5, 5.41) is 2.01. The molecule has 0 radical (unpaired) electrons. The van der Waals surface area contributed by atoms with Crippen LogP contribution in [0.3, 0.4) is 0 Å².